The summed E-state index contributed by atoms with van der Waals surface area (Å²) in [5.41, 5.74) is 7.88. The summed E-state index contributed by atoms with van der Waals surface area (Å²) in [6, 6.07) is 11.7. The maximum absolute atomic E-state index is 12.3. The van der Waals surface area contributed by atoms with Crippen LogP contribution in [0.1, 0.15) is 41.6 Å². The smallest absolute Gasteiger partial charge is 0.253 e. The van der Waals surface area contributed by atoms with Gasteiger partial charge in [0, 0.05) is 35.4 Å². The molecule has 0 saturated heterocycles. The molecule has 1 aliphatic rings. The van der Waals surface area contributed by atoms with Gasteiger partial charge in [-0.3, -0.25) is 9.78 Å². The van der Waals surface area contributed by atoms with Gasteiger partial charge in [-0.15, -0.1) is 12.4 Å². The van der Waals surface area contributed by atoms with E-state index in [1.165, 1.54) is 5.56 Å². The lowest BCUT2D eigenvalue weighted by Gasteiger charge is -2.40. The Hall–Kier alpha value is -1.62. The largest absolute Gasteiger partial charge is 0.349 e. The van der Waals surface area contributed by atoms with E-state index in [1.54, 1.807) is 24.5 Å². The highest BCUT2D eigenvalue weighted by molar-refractivity contribution is 6.30. The average Bonchev–Trinajstić information content (AvgIpc) is 2.63. The van der Waals surface area contributed by atoms with Gasteiger partial charge in [0.15, 0.2) is 0 Å². The number of halogens is 2. The predicted molar refractivity (Wildman–Crippen MR) is 103 cm³/mol. The van der Waals surface area contributed by atoms with Crippen LogP contribution >= 0.6 is 24.0 Å². The van der Waals surface area contributed by atoms with Crippen LogP contribution in [0.25, 0.3) is 0 Å². The molecule has 2 aromatic rings. The van der Waals surface area contributed by atoms with Gasteiger partial charge in [0.2, 0.25) is 0 Å². The first-order valence-electron chi connectivity index (χ1n) is 8.30. The quantitative estimate of drug-likeness (QED) is 0.850. The minimum Gasteiger partial charge on any atom is -0.349 e. The number of aromatic nitrogens is 1. The summed E-state index contributed by atoms with van der Waals surface area (Å²) in [5.74, 6) is -0.0592. The van der Waals surface area contributed by atoms with Crippen molar-refractivity contribution in [3.63, 3.8) is 0 Å². The SMILES string of the molecule is Cl.NC[C@]1(c2cccc(Cl)c2)CC[C@H](NC(=O)c2cccnc2)CC1. The highest BCUT2D eigenvalue weighted by Crippen LogP contribution is 2.39. The van der Waals surface area contributed by atoms with Gasteiger partial charge < -0.3 is 11.1 Å². The Bertz CT molecular complexity index is 701. The lowest BCUT2D eigenvalue weighted by Crippen LogP contribution is -2.45. The second-order valence-corrected chi connectivity index (χ2v) is 6.92. The number of hydrogen-bond acceptors (Lipinski definition) is 3. The molecule has 3 rings (SSSR count). The zero-order valence-electron chi connectivity index (χ0n) is 14.0. The number of carbonyl (C=O) groups is 1. The van der Waals surface area contributed by atoms with Crippen LogP contribution in [0.2, 0.25) is 5.02 Å². The monoisotopic (exact) mass is 379 g/mol. The van der Waals surface area contributed by atoms with Crippen LogP contribution in [0, 0.1) is 0 Å². The third kappa shape index (κ3) is 4.51. The fraction of sp³-hybridized carbons (Fsp3) is 0.368. The minimum absolute atomic E-state index is 0. The number of pyridine rings is 1. The van der Waals surface area contributed by atoms with Crippen molar-refractivity contribution in [3.8, 4) is 0 Å². The summed E-state index contributed by atoms with van der Waals surface area (Å²) < 4.78 is 0. The second kappa shape index (κ2) is 8.65. The van der Waals surface area contributed by atoms with Gasteiger partial charge in [-0.25, -0.2) is 0 Å². The summed E-state index contributed by atoms with van der Waals surface area (Å²) in [4.78, 5) is 16.3. The summed E-state index contributed by atoms with van der Waals surface area (Å²) in [6.07, 6.45) is 6.97. The second-order valence-electron chi connectivity index (χ2n) is 6.48. The fourth-order valence-corrected chi connectivity index (χ4v) is 3.70. The summed E-state index contributed by atoms with van der Waals surface area (Å²) in [6.45, 7) is 0.594. The molecule has 0 unspecified atom stereocenters. The van der Waals surface area contributed by atoms with Crippen LogP contribution in [0.5, 0.6) is 0 Å². The Morgan fingerprint density at radius 3 is 2.64 bits per heavy atom. The highest BCUT2D eigenvalue weighted by atomic mass is 35.5. The van der Waals surface area contributed by atoms with E-state index in [2.05, 4.69) is 16.4 Å². The van der Waals surface area contributed by atoms with Crippen LogP contribution in [0.4, 0.5) is 0 Å². The van der Waals surface area contributed by atoms with Crippen LogP contribution in [0.15, 0.2) is 48.8 Å². The molecule has 1 amide bonds. The van der Waals surface area contributed by atoms with E-state index in [-0.39, 0.29) is 29.8 Å². The lowest BCUT2D eigenvalue weighted by atomic mass is 9.68. The molecule has 134 valence electrons. The Morgan fingerprint density at radius 1 is 1.28 bits per heavy atom. The van der Waals surface area contributed by atoms with Crippen LogP contribution in [-0.4, -0.2) is 23.5 Å². The molecule has 0 spiro atoms. The molecule has 1 aromatic carbocycles. The zero-order chi connectivity index (χ0) is 17.0. The van der Waals surface area contributed by atoms with Gasteiger partial charge in [-0.2, -0.15) is 0 Å². The molecule has 25 heavy (non-hydrogen) atoms. The lowest BCUT2D eigenvalue weighted by molar-refractivity contribution is 0.0917. The summed E-state index contributed by atoms with van der Waals surface area (Å²) in [5, 5.41) is 3.86. The number of benzene rings is 1. The van der Waals surface area contributed by atoms with Gasteiger partial charge in [0.05, 0.1) is 5.56 Å². The molecule has 1 heterocycles. The number of nitrogens with zero attached hydrogens (tertiary/aromatic N) is 1. The standard InChI is InChI=1S/C19H22ClN3O.ClH/c20-16-5-1-4-15(11-16)19(13-21)8-6-17(7-9-19)23-18(24)14-3-2-10-22-12-14;/h1-5,10-12,17H,6-9,13,21H2,(H,23,24);1H/t17-,19-;. The summed E-state index contributed by atoms with van der Waals surface area (Å²) in [7, 11) is 0. The Morgan fingerprint density at radius 2 is 2.04 bits per heavy atom. The zero-order valence-corrected chi connectivity index (χ0v) is 15.5. The van der Waals surface area contributed by atoms with Gasteiger partial charge >= 0.3 is 0 Å². The molecule has 4 nitrogen and oxygen atoms in total. The number of hydrogen-bond donors (Lipinski definition) is 2. The molecule has 1 fully saturated rings. The third-order valence-electron chi connectivity index (χ3n) is 5.03. The molecular formula is C19H23Cl2N3O. The average molecular weight is 380 g/mol. The van der Waals surface area contributed by atoms with Crippen molar-refractivity contribution in [2.75, 3.05) is 6.54 Å². The molecular weight excluding hydrogens is 357 g/mol. The van der Waals surface area contributed by atoms with Crippen molar-refractivity contribution in [3.05, 3.63) is 64.9 Å². The molecule has 0 radical (unpaired) electrons. The number of amides is 1. The fourth-order valence-electron chi connectivity index (χ4n) is 3.51. The van der Waals surface area contributed by atoms with Crippen LogP contribution in [-0.2, 0) is 5.41 Å². The van der Waals surface area contributed by atoms with Crippen molar-refractivity contribution >= 4 is 29.9 Å². The van der Waals surface area contributed by atoms with E-state index in [1.807, 2.05) is 18.2 Å². The minimum atomic E-state index is -0.0592. The van der Waals surface area contributed by atoms with Gasteiger partial charge in [0.25, 0.3) is 5.91 Å². The van der Waals surface area contributed by atoms with Crippen molar-refractivity contribution in [1.29, 1.82) is 0 Å². The van der Waals surface area contributed by atoms with E-state index in [4.69, 9.17) is 17.3 Å². The van der Waals surface area contributed by atoms with Crippen LogP contribution in [0.3, 0.4) is 0 Å². The molecule has 0 atom stereocenters. The molecule has 6 heteroatoms. The van der Waals surface area contributed by atoms with E-state index in [9.17, 15) is 4.79 Å². The number of carbonyl (C=O) groups excluding carboxylic acids is 1. The first-order chi connectivity index (χ1) is 11.6. The normalized spacial score (nSPS) is 22.7. The van der Waals surface area contributed by atoms with Crippen molar-refractivity contribution < 1.29 is 4.79 Å². The van der Waals surface area contributed by atoms with Crippen molar-refractivity contribution in [2.24, 2.45) is 5.73 Å². The molecule has 3 N–H and O–H groups in total. The molecule has 0 bridgehead atoms. The highest BCUT2D eigenvalue weighted by Gasteiger charge is 2.36. The van der Waals surface area contributed by atoms with Crippen LogP contribution < -0.4 is 11.1 Å². The first-order valence-corrected chi connectivity index (χ1v) is 8.68. The number of nitrogens with one attached hydrogen (secondary N) is 1. The first kappa shape index (κ1) is 19.7. The van der Waals surface area contributed by atoms with E-state index < -0.39 is 0 Å². The van der Waals surface area contributed by atoms with E-state index in [0.717, 1.165) is 30.7 Å². The molecule has 0 aliphatic heterocycles. The van der Waals surface area contributed by atoms with Gasteiger partial charge in [-0.1, -0.05) is 23.7 Å². The topological polar surface area (TPSA) is 68.0 Å². The number of nitrogens with two attached hydrogens (primary N) is 1. The predicted octanol–water partition coefficient (Wildman–Crippen LogP) is 3.73. The van der Waals surface area contributed by atoms with Gasteiger partial charge in [0.1, 0.15) is 0 Å². The van der Waals surface area contributed by atoms with Gasteiger partial charge in [-0.05, 0) is 55.5 Å². The maximum atomic E-state index is 12.3. The molecule has 1 aliphatic carbocycles. The van der Waals surface area contributed by atoms with E-state index in [0.29, 0.717) is 12.1 Å². The number of rotatable bonds is 4. The van der Waals surface area contributed by atoms with Crippen molar-refractivity contribution in [2.45, 2.75) is 37.1 Å². The van der Waals surface area contributed by atoms with E-state index >= 15 is 0 Å². The molecule has 1 saturated carbocycles. The van der Waals surface area contributed by atoms with Crippen molar-refractivity contribution in [1.82, 2.24) is 10.3 Å². The Kier molecular flexibility index (Phi) is 6.82. The third-order valence-corrected chi connectivity index (χ3v) is 5.26. The summed E-state index contributed by atoms with van der Waals surface area (Å²) >= 11 is 6.14. The molecule has 1 aromatic heterocycles. The Labute approximate surface area is 159 Å². The Balaban J connectivity index is 0.00000225. The maximum Gasteiger partial charge on any atom is 0.253 e.